The van der Waals surface area contributed by atoms with Crippen molar-refractivity contribution < 1.29 is 19.1 Å². The number of carbonyl (C=O) groups is 3. The van der Waals surface area contributed by atoms with Crippen LogP contribution in [-0.2, 0) is 9.53 Å². The van der Waals surface area contributed by atoms with Crippen molar-refractivity contribution in [3.8, 4) is 0 Å². The molecule has 4 heteroatoms. The first-order chi connectivity index (χ1) is 10.6. The summed E-state index contributed by atoms with van der Waals surface area (Å²) in [5, 5.41) is 0. The Morgan fingerprint density at radius 1 is 1.14 bits per heavy atom. The molecular weight excluding hydrogens is 280 g/mol. The van der Waals surface area contributed by atoms with Gasteiger partial charge in [-0.3, -0.25) is 14.4 Å². The predicted molar refractivity (Wildman–Crippen MR) is 82.8 cm³/mol. The van der Waals surface area contributed by atoms with Gasteiger partial charge in [-0.25, -0.2) is 0 Å². The minimum atomic E-state index is -0.341. The standard InChI is InChI=1S/C18H18O4/c1-3-11-22-16(19)10-6-9-13-12(2)17(20)14-7-4-5-8-15(14)18(13)21/h4-9H,3,10-11H2,1-2H3/b9-6-. The highest BCUT2D eigenvalue weighted by atomic mass is 16.5. The van der Waals surface area contributed by atoms with Crippen molar-refractivity contribution in [2.45, 2.75) is 26.7 Å². The Hall–Kier alpha value is -2.49. The van der Waals surface area contributed by atoms with Crippen molar-refractivity contribution in [3.05, 3.63) is 58.7 Å². The first-order valence-electron chi connectivity index (χ1n) is 7.27. The number of hydrogen-bond donors (Lipinski definition) is 0. The Labute approximate surface area is 129 Å². The topological polar surface area (TPSA) is 60.4 Å². The molecule has 0 amide bonds. The minimum absolute atomic E-state index is 0.0832. The largest absolute Gasteiger partial charge is 0.465 e. The molecule has 0 saturated carbocycles. The van der Waals surface area contributed by atoms with Crippen LogP contribution in [0.4, 0.5) is 0 Å². The second-order valence-corrected chi connectivity index (χ2v) is 5.07. The van der Waals surface area contributed by atoms with Crippen molar-refractivity contribution in [2.75, 3.05) is 6.61 Å². The van der Waals surface area contributed by atoms with Gasteiger partial charge in [-0.15, -0.1) is 0 Å². The zero-order valence-corrected chi connectivity index (χ0v) is 12.7. The quantitative estimate of drug-likeness (QED) is 0.783. The monoisotopic (exact) mass is 298 g/mol. The van der Waals surface area contributed by atoms with Gasteiger partial charge >= 0.3 is 5.97 Å². The second-order valence-electron chi connectivity index (χ2n) is 5.07. The van der Waals surface area contributed by atoms with Crippen LogP contribution in [-0.4, -0.2) is 24.1 Å². The zero-order valence-electron chi connectivity index (χ0n) is 12.7. The van der Waals surface area contributed by atoms with Gasteiger partial charge in [-0.2, -0.15) is 0 Å². The van der Waals surface area contributed by atoms with Gasteiger partial charge in [0.2, 0.25) is 0 Å². The maximum absolute atomic E-state index is 12.4. The summed E-state index contributed by atoms with van der Waals surface area (Å²) in [4.78, 5) is 36.1. The number of esters is 1. The van der Waals surface area contributed by atoms with Crippen LogP contribution in [0.15, 0.2) is 47.6 Å². The molecule has 0 N–H and O–H groups in total. The molecule has 0 fully saturated rings. The first kappa shape index (κ1) is 15.9. The molecule has 0 unspecified atom stereocenters. The molecule has 0 aromatic heterocycles. The molecule has 0 radical (unpaired) electrons. The molecule has 1 aliphatic rings. The van der Waals surface area contributed by atoms with E-state index in [0.29, 0.717) is 28.9 Å². The zero-order chi connectivity index (χ0) is 16.1. The molecule has 0 atom stereocenters. The molecule has 4 nitrogen and oxygen atoms in total. The Morgan fingerprint density at radius 2 is 1.77 bits per heavy atom. The summed E-state index contributed by atoms with van der Waals surface area (Å²) >= 11 is 0. The molecule has 0 heterocycles. The van der Waals surface area contributed by atoms with Gasteiger partial charge in [-0.05, 0) is 13.3 Å². The predicted octanol–water partition coefficient (Wildman–Crippen LogP) is 3.28. The number of hydrogen-bond acceptors (Lipinski definition) is 4. The number of Topliss-reactive ketones (excluding diaryl/α,β-unsaturated/α-hetero) is 2. The fourth-order valence-corrected chi connectivity index (χ4v) is 2.27. The fourth-order valence-electron chi connectivity index (χ4n) is 2.27. The number of allylic oxidation sites excluding steroid dienone is 3. The highest BCUT2D eigenvalue weighted by molar-refractivity contribution is 6.27. The van der Waals surface area contributed by atoms with Crippen LogP contribution in [0.3, 0.4) is 0 Å². The van der Waals surface area contributed by atoms with E-state index in [1.807, 2.05) is 6.92 Å². The van der Waals surface area contributed by atoms with Crippen LogP contribution in [0.2, 0.25) is 0 Å². The second kappa shape index (κ2) is 6.98. The van der Waals surface area contributed by atoms with Crippen LogP contribution in [0, 0.1) is 0 Å². The molecule has 0 spiro atoms. The van der Waals surface area contributed by atoms with Crippen LogP contribution in [0.1, 0.15) is 47.4 Å². The summed E-state index contributed by atoms with van der Waals surface area (Å²) < 4.78 is 4.95. The molecule has 1 aromatic carbocycles. The number of benzene rings is 1. The first-order valence-corrected chi connectivity index (χ1v) is 7.27. The SMILES string of the molecule is CCCOC(=O)C/C=C\C1=C(C)C(=O)c2ccccc2C1=O. The molecule has 22 heavy (non-hydrogen) atoms. The van der Waals surface area contributed by atoms with E-state index >= 15 is 0 Å². The summed E-state index contributed by atoms with van der Waals surface area (Å²) in [5.74, 6) is -0.680. The van der Waals surface area contributed by atoms with Crippen LogP contribution in [0.25, 0.3) is 0 Å². The number of ketones is 2. The Kier molecular flexibility index (Phi) is 5.04. The third-order valence-electron chi connectivity index (χ3n) is 3.44. The summed E-state index contributed by atoms with van der Waals surface area (Å²) in [7, 11) is 0. The fraction of sp³-hybridized carbons (Fsp3) is 0.278. The highest BCUT2D eigenvalue weighted by Gasteiger charge is 2.27. The van der Waals surface area contributed by atoms with Crippen molar-refractivity contribution in [2.24, 2.45) is 0 Å². The van der Waals surface area contributed by atoms with Crippen molar-refractivity contribution in [1.82, 2.24) is 0 Å². The molecule has 1 aromatic rings. The molecule has 2 rings (SSSR count). The normalized spacial score (nSPS) is 14.5. The third-order valence-corrected chi connectivity index (χ3v) is 3.44. The average Bonchev–Trinajstić information content (AvgIpc) is 2.54. The number of carbonyl (C=O) groups excluding carboxylic acids is 3. The van der Waals surface area contributed by atoms with Crippen molar-refractivity contribution in [3.63, 3.8) is 0 Å². The van der Waals surface area contributed by atoms with Crippen molar-refractivity contribution in [1.29, 1.82) is 0 Å². The molecule has 114 valence electrons. The van der Waals surface area contributed by atoms with Crippen LogP contribution >= 0.6 is 0 Å². The van der Waals surface area contributed by atoms with Gasteiger partial charge in [0.15, 0.2) is 11.6 Å². The maximum Gasteiger partial charge on any atom is 0.309 e. The van der Waals surface area contributed by atoms with E-state index in [2.05, 4.69) is 0 Å². The maximum atomic E-state index is 12.4. The van der Waals surface area contributed by atoms with E-state index in [9.17, 15) is 14.4 Å². The van der Waals surface area contributed by atoms with Crippen molar-refractivity contribution >= 4 is 17.5 Å². The van der Waals surface area contributed by atoms with E-state index in [4.69, 9.17) is 4.74 Å². The molecule has 0 bridgehead atoms. The molecule has 0 saturated heterocycles. The molecule has 1 aliphatic carbocycles. The summed E-state index contributed by atoms with van der Waals surface area (Å²) in [6.07, 6.45) is 3.96. The van der Waals surface area contributed by atoms with E-state index in [0.717, 1.165) is 6.42 Å². The lowest BCUT2D eigenvalue weighted by molar-refractivity contribution is -0.142. The third kappa shape index (κ3) is 3.22. The lowest BCUT2D eigenvalue weighted by Crippen LogP contribution is -2.19. The highest BCUT2D eigenvalue weighted by Crippen LogP contribution is 2.26. The summed E-state index contributed by atoms with van der Waals surface area (Å²) in [6, 6.07) is 6.77. The summed E-state index contributed by atoms with van der Waals surface area (Å²) in [6.45, 7) is 3.94. The van der Waals surface area contributed by atoms with Gasteiger partial charge in [0.1, 0.15) is 0 Å². The molecule has 0 aliphatic heterocycles. The lowest BCUT2D eigenvalue weighted by atomic mass is 9.84. The number of ether oxygens (including phenoxy) is 1. The Bertz CT molecular complexity index is 680. The van der Waals surface area contributed by atoms with Gasteiger partial charge in [0, 0.05) is 22.3 Å². The van der Waals surface area contributed by atoms with E-state index < -0.39 is 0 Å². The van der Waals surface area contributed by atoms with E-state index in [-0.39, 0.29) is 24.0 Å². The number of rotatable bonds is 5. The van der Waals surface area contributed by atoms with Gasteiger partial charge in [0.05, 0.1) is 13.0 Å². The smallest absolute Gasteiger partial charge is 0.309 e. The van der Waals surface area contributed by atoms with Crippen LogP contribution in [0.5, 0.6) is 0 Å². The van der Waals surface area contributed by atoms with Gasteiger partial charge < -0.3 is 4.74 Å². The van der Waals surface area contributed by atoms with Gasteiger partial charge in [0.25, 0.3) is 0 Å². The minimum Gasteiger partial charge on any atom is -0.465 e. The Balaban J connectivity index is 2.17. The van der Waals surface area contributed by atoms with E-state index in [1.54, 1.807) is 43.3 Å². The lowest BCUT2D eigenvalue weighted by Gasteiger charge is -2.16. The number of fused-ring (bicyclic) bond motifs is 1. The average molecular weight is 298 g/mol. The molecular formula is C18H18O4. The summed E-state index contributed by atoms with van der Waals surface area (Å²) in [5.41, 5.74) is 1.59. The van der Waals surface area contributed by atoms with Gasteiger partial charge in [-0.1, -0.05) is 43.3 Å². The van der Waals surface area contributed by atoms with Crippen LogP contribution < -0.4 is 0 Å². The Morgan fingerprint density at radius 3 is 2.41 bits per heavy atom. The van der Waals surface area contributed by atoms with E-state index in [1.165, 1.54) is 0 Å².